The molecule has 180 valence electrons. The molecule has 35 heavy (non-hydrogen) atoms. The molecule has 2 N–H and O–H groups in total. The van der Waals surface area contributed by atoms with E-state index in [1.165, 1.54) is 0 Å². The van der Waals surface area contributed by atoms with Crippen LogP contribution >= 0.6 is 0 Å². The minimum absolute atomic E-state index is 0.0164. The van der Waals surface area contributed by atoms with Gasteiger partial charge in [-0.05, 0) is 35.7 Å². The monoisotopic (exact) mass is 472 g/mol. The number of carbonyl (C=O) groups is 2. The zero-order valence-electron chi connectivity index (χ0n) is 19.9. The van der Waals surface area contributed by atoms with Crippen molar-refractivity contribution < 1.29 is 23.5 Å². The van der Waals surface area contributed by atoms with Crippen molar-refractivity contribution in [1.29, 1.82) is 0 Å². The van der Waals surface area contributed by atoms with Crippen molar-refractivity contribution in [2.24, 2.45) is 0 Å². The number of ether oxygens (including phenoxy) is 1. The molecule has 0 spiro atoms. The Morgan fingerprint density at radius 3 is 1.51 bits per heavy atom. The zero-order valence-corrected chi connectivity index (χ0v) is 19.9. The maximum Gasteiger partial charge on any atom is 0.285 e. The van der Waals surface area contributed by atoms with E-state index in [1.54, 1.807) is 0 Å². The van der Waals surface area contributed by atoms with Gasteiger partial charge in [-0.3, -0.25) is 9.59 Å². The van der Waals surface area contributed by atoms with Crippen molar-refractivity contribution >= 4 is 33.4 Å². The van der Waals surface area contributed by atoms with Gasteiger partial charge in [0.2, 0.25) is 13.1 Å². The number of nitrogens with zero attached hydrogens (tertiary/aromatic N) is 2. The number of pyridine rings is 2. The standard InChI is InChI=1S/C28H30N4O3/c33-27(21-31-15-11-23-7-1-3-9-25(23)19-31)29-13-5-17-35-18-6-14-30-28(34)22-32-16-12-24-8-2-4-10-26(24)20-32/h1-4,7-12,15-16,19-20H,5-6,13-14,17-18,21-22H2/p+2. The lowest BCUT2D eigenvalue weighted by molar-refractivity contribution is -0.683. The SMILES string of the molecule is O=C(C[n+]1ccc2ccccc2c1)NCCCOCCCNC(=O)C[n+]1ccc2ccccc2c1. The Morgan fingerprint density at radius 2 is 1.06 bits per heavy atom. The van der Waals surface area contributed by atoms with Crippen LogP contribution in [0.5, 0.6) is 0 Å². The number of rotatable bonds is 12. The average molecular weight is 473 g/mol. The molecule has 2 heterocycles. The Kier molecular flexibility index (Phi) is 8.73. The molecule has 0 saturated heterocycles. The topological polar surface area (TPSA) is 75.2 Å². The quantitative estimate of drug-likeness (QED) is 0.245. The summed E-state index contributed by atoms with van der Waals surface area (Å²) < 4.78 is 9.40. The molecule has 2 aromatic carbocycles. The van der Waals surface area contributed by atoms with Gasteiger partial charge in [-0.25, -0.2) is 0 Å². The first-order valence-electron chi connectivity index (χ1n) is 12.0. The van der Waals surface area contributed by atoms with Crippen LogP contribution in [0.1, 0.15) is 12.8 Å². The second kappa shape index (κ2) is 12.6. The number of aromatic nitrogens is 2. The highest BCUT2D eigenvalue weighted by Crippen LogP contribution is 2.10. The molecule has 4 rings (SSSR count). The van der Waals surface area contributed by atoms with Gasteiger partial charge in [0.05, 0.1) is 0 Å². The average Bonchev–Trinajstić information content (AvgIpc) is 2.87. The normalized spacial score (nSPS) is 11.0. The van der Waals surface area contributed by atoms with Crippen LogP contribution in [0.2, 0.25) is 0 Å². The minimum atomic E-state index is -0.0164. The number of hydrogen-bond acceptors (Lipinski definition) is 3. The summed E-state index contributed by atoms with van der Waals surface area (Å²) in [6, 6.07) is 20.2. The van der Waals surface area contributed by atoms with Crippen molar-refractivity contribution in [3.8, 4) is 0 Å². The number of fused-ring (bicyclic) bond motifs is 2. The van der Waals surface area contributed by atoms with Gasteiger partial charge in [0.1, 0.15) is 0 Å². The molecule has 0 atom stereocenters. The molecule has 7 heteroatoms. The molecule has 0 radical (unpaired) electrons. The van der Waals surface area contributed by atoms with Crippen molar-refractivity contribution in [2.45, 2.75) is 25.9 Å². The molecule has 0 aliphatic carbocycles. The second-order valence-electron chi connectivity index (χ2n) is 8.51. The van der Waals surface area contributed by atoms with Gasteiger partial charge in [0.25, 0.3) is 11.8 Å². The molecular weight excluding hydrogens is 440 g/mol. The maximum absolute atomic E-state index is 12.2. The lowest BCUT2D eigenvalue weighted by Crippen LogP contribution is -2.42. The van der Waals surface area contributed by atoms with Crippen LogP contribution in [0.3, 0.4) is 0 Å². The summed E-state index contributed by atoms with van der Waals surface area (Å²) in [5, 5.41) is 10.4. The smallest absolute Gasteiger partial charge is 0.285 e. The largest absolute Gasteiger partial charge is 0.381 e. The number of amides is 2. The van der Waals surface area contributed by atoms with Gasteiger partial charge in [-0.1, -0.05) is 36.4 Å². The zero-order chi connectivity index (χ0) is 24.3. The third-order valence-corrected chi connectivity index (χ3v) is 5.72. The van der Waals surface area contributed by atoms with Crippen molar-refractivity contribution in [1.82, 2.24) is 10.6 Å². The molecule has 0 unspecified atom stereocenters. The number of hydrogen-bond donors (Lipinski definition) is 2. The lowest BCUT2D eigenvalue weighted by atomic mass is 10.2. The van der Waals surface area contributed by atoms with E-state index in [-0.39, 0.29) is 11.8 Å². The van der Waals surface area contributed by atoms with E-state index in [9.17, 15) is 9.59 Å². The van der Waals surface area contributed by atoms with Gasteiger partial charge in [-0.15, -0.1) is 0 Å². The number of benzene rings is 2. The van der Waals surface area contributed by atoms with E-state index in [2.05, 4.69) is 22.8 Å². The maximum atomic E-state index is 12.2. The first-order valence-corrected chi connectivity index (χ1v) is 12.0. The minimum Gasteiger partial charge on any atom is -0.381 e. The number of carbonyl (C=O) groups excluding carboxylic acids is 2. The second-order valence-corrected chi connectivity index (χ2v) is 8.51. The molecule has 0 aliphatic heterocycles. The van der Waals surface area contributed by atoms with Crippen LogP contribution in [0.25, 0.3) is 21.5 Å². The molecule has 0 aliphatic rings. The summed E-state index contributed by atoms with van der Waals surface area (Å²) in [6.07, 6.45) is 9.31. The fourth-order valence-corrected chi connectivity index (χ4v) is 3.90. The Labute approximate surface area is 205 Å². The highest BCUT2D eigenvalue weighted by molar-refractivity contribution is 5.81. The first kappa shape index (κ1) is 24.3. The highest BCUT2D eigenvalue weighted by atomic mass is 16.5. The predicted molar refractivity (Wildman–Crippen MR) is 134 cm³/mol. The third kappa shape index (κ3) is 7.58. The van der Waals surface area contributed by atoms with Gasteiger partial charge in [0, 0.05) is 49.2 Å². The van der Waals surface area contributed by atoms with E-state index in [1.807, 2.05) is 82.5 Å². The molecule has 4 aromatic rings. The Hall–Kier alpha value is -3.84. The van der Waals surface area contributed by atoms with E-state index < -0.39 is 0 Å². The summed E-state index contributed by atoms with van der Waals surface area (Å²) in [7, 11) is 0. The predicted octanol–water partition coefficient (Wildman–Crippen LogP) is 2.30. The first-order chi connectivity index (χ1) is 17.2. The fraction of sp³-hybridized carbons (Fsp3) is 0.286. The van der Waals surface area contributed by atoms with Crippen LogP contribution in [0.4, 0.5) is 0 Å². The van der Waals surface area contributed by atoms with Crippen molar-refractivity contribution in [3.63, 3.8) is 0 Å². The highest BCUT2D eigenvalue weighted by Gasteiger charge is 2.10. The van der Waals surface area contributed by atoms with Gasteiger partial charge < -0.3 is 15.4 Å². The van der Waals surface area contributed by atoms with Crippen LogP contribution in [-0.2, 0) is 27.4 Å². The summed E-state index contributed by atoms with van der Waals surface area (Å²) in [5.41, 5.74) is 0. The summed E-state index contributed by atoms with van der Waals surface area (Å²) in [6.45, 7) is 2.89. The Morgan fingerprint density at radius 1 is 0.629 bits per heavy atom. The summed E-state index contributed by atoms with van der Waals surface area (Å²) in [5.74, 6) is -0.0328. The third-order valence-electron chi connectivity index (χ3n) is 5.72. The molecule has 2 aromatic heterocycles. The summed E-state index contributed by atoms with van der Waals surface area (Å²) in [4.78, 5) is 24.3. The van der Waals surface area contributed by atoms with Crippen LogP contribution < -0.4 is 19.8 Å². The van der Waals surface area contributed by atoms with E-state index >= 15 is 0 Å². The van der Waals surface area contributed by atoms with Gasteiger partial charge >= 0.3 is 0 Å². The van der Waals surface area contributed by atoms with Gasteiger partial charge in [-0.2, -0.15) is 9.13 Å². The van der Waals surface area contributed by atoms with Crippen molar-refractivity contribution in [3.05, 3.63) is 85.5 Å². The Bertz CT molecular complexity index is 1190. The van der Waals surface area contributed by atoms with Gasteiger partial charge in [0.15, 0.2) is 24.8 Å². The van der Waals surface area contributed by atoms with Crippen LogP contribution in [0, 0.1) is 0 Å². The molecule has 0 saturated carbocycles. The van der Waals surface area contributed by atoms with E-state index in [4.69, 9.17) is 4.74 Å². The lowest BCUT2D eigenvalue weighted by Gasteiger charge is -2.06. The Balaban J connectivity index is 1.03. The summed E-state index contributed by atoms with van der Waals surface area (Å²) >= 11 is 0. The van der Waals surface area contributed by atoms with E-state index in [0.29, 0.717) is 39.4 Å². The van der Waals surface area contributed by atoms with Crippen molar-refractivity contribution in [2.75, 3.05) is 26.3 Å². The molecular formula is C28H32N4O3+2. The molecule has 7 nitrogen and oxygen atoms in total. The van der Waals surface area contributed by atoms with Crippen LogP contribution in [-0.4, -0.2) is 38.1 Å². The molecule has 0 bridgehead atoms. The fourth-order valence-electron chi connectivity index (χ4n) is 3.90. The van der Waals surface area contributed by atoms with E-state index in [0.717, 1.165) is 34.4 Å². The number of nitrogens with one attached hydrogen (secondary N) is 2. The van der Waals surface area contributed by atoms with Crippen LogP contribution in [0.15, 0.2) is 85.5 Å². The molecule has 0 fully saturated rings. The molecule has 2 amide bonds.